The van der Waals surface area contributed by atoms with E-state index in [1.807, 2.05) is 6.20 Å². The van der Waals surface area contributed by atoms with Crippen LogP contribution in [-0.2, 0) is 0 Å². The molecule has 0 spiro atoms. The highest BCUT2D eigenvalue weighted by Crippen LogP contribution is 2.28. The molecule has 16 heavy (non-hydrogen) atoms. The van der Waals surface area contributed by atoms with Crippen LogP contribution in [0.1, 0.15) is 25.3 Å². The highest BCUT2D eigenvalue weighted by atomic mass is 14.9. The molecule has 0 saturated heterocycles. The summed E-state index contributed by atoms with van der Waals surface area (Å²) in [4.78, 5) is 3.30. The smallest absolute Gasteiger partial charge is 0.0490 e. The molecule has 2 rings (SSSR count). The van der Waals surface area contributed by atoms with Crippen molar-refractivity contribution in [2.75, 3.05) is 18.4 Å². The van der Waals surface area contributed by atoms with E-state index >= 15 is 0 Å². The Labute approximate surface area is 96.0 Å². The first kappa shape index (κ1) is 11.0. The van der Waals surface area contributed by atoms with Gasteiger partial charge in [-0.2, -0.15) is 0 Å². The van der Waals surface area contributed by atoms with Gasteiger partial charge in [-0.3, -0.25) is 0 Å². The van der Waals surface area contributed by atoms with Crippen LogP contribution >= 0.6 is 0 Å². The molecule has 3 heteroatoms. The summed E-state index contributed by atoms with van der Waals surface area (Å²) in [5, 5.41) is 4.59. The van der Waals surface area contributed by atoms with E-state index in [0.717, 1.165) is 12.2 Å². The Hall–Kier alpha value is -1.48. The van der Waals surface area contributed by atoms with Crippen molar-refractivity contribution in [1.82, 2.24) is 4.98 Å². The van der Waals surface area contributed by atoms with Crippen LogP contribution < -0.4 is 11.1 Å². The number of nitrogens with one attached hydrogen (secondary N) is 2. The summed E-state index contributed by atoms with van der Waals surface area (Å²) in [6.45, 7) is 5.89. The van der Waals surface area contributed by atoms with Gasteiger partial charge >= 0.3 is 0 Å². The van der Waals surface area contributed by atoms with E-state index in [1.165, 1.54) is 16.5 Å². The summed E-state index contributed by atoms with van der Waals surface area (Å²) in [7, 11) is 0. The van der Waals surface area contributed by atoms with E-state index < -0.39 is 0 Å². The fourth-order valence-corrected chi connectivity index (χ4v) is 1.97. The highest BCUT2D eigenvalue weighted by Gasteiger charge is 2.08. The Morgan fingerprint density at radius 2 is 2.19 bits per heavy atom. The zero-order valence-electron chi connectivity index (χ0n) is 9.88. The molecule has 1 heterocycles. The van der Waals surface area contributed by atoms with Crippen LogP contribution in [0, 0.1) is 0 Å². The molecule has 0 fully saturated rings. The van der Waals surface area contributed by atoms with Crippen LogP contribution in [0.5, 0.6) is 0 Å². The first-order valence-corrected chi connectivity index (χ1v) is 5.77. The average molecular weight is 217 g/mol. The largest absolute Gasteiger partial charge is 0.384 e. The Morgan fingerprint density at radius 3 is 2.88 bits per heavy atom. The Bertz CT molecular complexity index is 471. The fraction of sp³-hybridized carbons (Fsp3) is 0.385. The van der Waals surface area contributed by atoms with Crippen molar-refractivity contribution >= 4 is 16.6 Å². The number of hydrogen-bond acceptors (Lipinski definition) is 2. The molecule has 0 aliphatic heterocycles. The van der Waals surface area contributed by atoms with Crippen LogP contribution in [0.25, 0.3) is 10.9 Å². The predicted octanol–water partition coefficient (Wildman–Crippen LogP) is 2.66. The first-order valence-electron chi connectivity index (χ1n) is 5.77. The first-order chi connectivity index (χ1) is 7.72. The standard InChI is InChI=1S/C13H19N3/c1-9(2)12-8-11(15-6-4-14)7-10-3-5-16-13(10)12/h3,5,7-9,15-16H,4,6,14H2,1-2H3. The second-order valence-electron chi connectivity index (χ2n) is 4.38. The van der Waals surface area contributed by atoms with Gasteiger partial charge in [-0.25, -0.2) is 0 Å². The number of aromatic nitrogens is 1. The van der Waals surface area contributed by atoms with Gasteiger partial charge in [0.25, 0.3) is 0 Å². The maximum Gasteiger partial charge on any atom is 0.0490 e. The number of H-pyrrole nitrogens is 1. The molecule has 0 saturated carbocycles. The molecule has 0 aliphatic carbocycles. The monoisotopic (exact) mass is 217 g/mol. The number of benzene rings is 1. The molecule has 1 aromatic carbocycles. The summed E-state index contributed by atoms with van der Waals surface area (Å²) in [5.41, 5.74) is 9.25. The number of hydrogen-bond donors (Lipinski definition) is 3. The van der Waals surface area contributed by atoms with Crippen LogP contribution in [0.15, 0.2) is 24.4 Å². The topological polar surface area (TPSA) is 53.8 Å². The summed E-state index contributed by atoms with van der Waals surface area (Å²) in [6.07, 6.45) is 1.99. The lowest BCUT2D eigenvalue weighted by Gasteiger charge is -2.11. The van der Waals surface area contributed by atoms with Crippen LogP contribution in [0.3, 0.4) is 0 Å². The number of fused-ring (bicyclic) bond motifs is 1. The van der Waals surface area contributed by atoms with Crippen molar-refractivity contribution in [2.24, 2.45) is 5.73 Å². The minimum atomic E-state index is 0.515. The second kappa shape index (κ2) is 4.58. The van der Waals surface area contributed by atoms with Crippen molar-refractivity contribution in [1.29, 1.82) is 0 Å². The molecule has 0 aliphatic rings. The van der Waals surface area contributed by atoms with Crippen LogP contribution in [0.4, 0.5) is 5.69 Å². The number of nitrogens with two attached hydrogens (primary N) is 1. The lowest BCUT2D eigenvalue weighted by molar-refractivity contribution is 0.873. The molecule has 0 radical (unpaired) electrons. The normalized spacial score (nSPS) is 11.2. The van der Waals surface area contributed by atoms with Crippen molar-refractivity contribution in [3.8, 4) is 0 Å². The molecule has 0 bridgehead atoms. The molecule has 86 valence electrons. The van der Waals surface area contributed by atoms with E-state index in [0.29, 0.717) is 12.5 Å². The molecule has 1 aromatic heterocycles. The third-order valence-electron chi connectivity index (χ3n) is 2.79. The molecule has 4 N–H and O–H groups in total. The van der Waals surface area contributed by atoms with Crippen LogP contribution in [0.2, 0.25) is 0 Å². The molecular weight excluding hydrogens is 198 g/mol. The van der Waals surface area contributed by atoms with Gasteiger partial charge in [0.1, 0.15) is 0 Å². The summed E-state index contributed by atoms with van der Waals surface area (Å²) in [6, 6.07) is 6.47. The fourth-order valence-electron chi connectivity index (χ4n) is 1.97. The number of aromatic amines is 1. The third kappa shape index (κ3) is 2.04. The van der Waals surface area contributed by atoms with E-state index in [4.69, 9.17) is 5.73 Å². The second-order valence-corrected chi connectivity index (χ2v) is 4.38. The van der Waals surface area contributed by atoms with Gasteiger partial charge in [-0.1, -0.05) is 13.8 Å². The third-order valence-corrected chi connectivity index (χ3v) is 2.79. The molecule has 0 unspecified atom stereocenters. The highest BCUT2D eigenvalue weighted by molar-refractivity contribution is 5.86. The Morgan fingerprint density at radius 1 is 1.38 bits per heavy atom. The maximum atomic E-state index is 5.50. The molecular formula is C13H19N3. The quantitative estimate of drug-likeness (QED) is 0.737. The van der Waals surface area contributed by atoms with E-state index in [9.17, 15) is 0 Å². The van der Waals surface area contributed by atoms with Gasteiger partial charge in [-0.05, 0) is 29.7 Å². The van der Waals surface area contributed by atoms with Gasteiger partial charge in [-0.15, -0.1) is 0 Å². The number of anilines is 1. The van der Waals surface area contributed by atoms with Gasteiger partial charge in [0, 0.05) is 35.9 Å². The van der Waals surface area contributed by atoms with E-state index in [-0.39, 0.29) is 0 Å². The molecule has 0 amide bonds. The number of rotatable bonds is 4. The summed E-state index contributed by atoms with van der Waals surface area (Å²) < 4.78 is 0. The van der Waals surface area contributed by atoms with Gasteiger partial charge < -0.3 is 16.0 Å². The van der Waals surface area contributed by atoms with E-state index in [2.05, 4.69) is 42.3 Å². The van der Waals surface area contributed by atoms with Gasteiger partial charge in [0.15, 0.2) is 0 Å². The van der Waals surface area contributed by atoms with Gasteiger partial charge in [0.05, 0.1) is 0 Å². The van der Waals surface area contributed by atoms with Crippen molar-refractivity contribution in [2.45, 2.75) is 19.8 Å². The lowest BCUT2D eigenvalue weighted by Crippen LogP contribution is -2.13. The van der Waals surface area contributed by atoms with Gasteiger partial charge in [0.2, 0.25) is 0 Å². The van der Waals surface area contributed by atoms with E-state index in [1.54, 1.807) is 0 Å². The van der Waals surface area contributed by atoms with Crippen LogP contribution in [-0.4, -0.2) is 18.1 Å². The Balaban J connectivity index is 2.44. The maximum absolute atomic E-state index is 5.50. The summed E-state index contributed by atoms with van der Waals surface area (Å²) in [5.74, 6) is 0.515. The summed E-state index contributed by atoms with van der Waals surface area (Å²) >= 11 is 0. The predicted molar refractivity (Wildman–Crippen MR) is 69.9 cm³/mol. The Kier molecular flexibility index (Phi) is 3.15. The lowest BCUT2D eigenvalue weighted by atomic mass is 10.00. The SMILES string of the molecule is CC(C)c1cc(NCCN)cc2cc[nH]c12. The van der Waals surface area contributed by atoms with Crippen molar-refractivity contribution < 1.29 is 0 Å². The molecule has 2 aromatic rings. The zero-order chi connectivity index (χ0) is 11.5. The zero-order valence-corrected chi connectivity index (χ0v) is 9.88. The average Bonchev–Trinajstić information content (AvgIpc) is 2.72. The van der Waals surface area contributed by atoms with Crippen molar-refractivity contribution in [3.63, 3.8) is 0 Å². The molecule has 0 atom stereocenters. The molecule has 3 nitrogen and oxygen atoms in total. The minimum absolute atomic E-state index is 0.515. The van der Waals surface area contributed by atoms with Crippen molar-refractivity contribution in [3.05, 3.63) is 30.0 Å². The minimum Gasteiger partial charge on any atom is -0.384 e.